The Labute approximate surface area is 114 Å². The summed E-state index contributed by atoms with van der Waals surface area (Å²) < 4.78 is 39.8. The Kier molecular flexibility index (Phi) is 4.25. The predicted octanol–water partition coefficient (Wildman–Crippen LogP) is 1.22. The van der Waals surface area contributed by atoms with E-state index in [9.17, 15) is 12.8 Å². The smallest absolute Gasteiger partial charge is 0.241 e. The molecule has 0 bridgehead atoms. The van der Waals surface area contributed by atoms with Crippen LogP contribution in [0.4, 0.5) is 4.39 Å². The molecule has 1 heterocycles. The van der Waals surface area contributed by atoms with Crippen LogP contribution in [0.1, 0.15) is 10.6 Å². The summed E-state index contributed by atoms with van der Waals surface area (Å²) in [6.45, 7) is 0.0916. The first-order valence-electron chi connectivity index (χ1n) is 5.39. The topological polar surface area (TPSA) is 85.1 Å². The minimum atomic E-state index is -3.80. The van der Waals surface area contributed by atoms with Crippen LogP contribution in [0.5, 0.6) is 0 Å². The van der Waals surface area contributed by atoms with Crippen LogP contribution in [-0.4, -0.2) is 13.4 Å². The molecule has 2 aromatic rings. The molecule has 0 aliphatic heterocycles. The lowest BCUT2D eigenvalue weighted by Crippen LogP contribution is -2.25. The number of rotatable bonds is 5. The van der Waals surface area contributed by atoms with Crippen LogP contribution < -0.4 is 10.5 Å². The summed E-state index contributed by atoms with van der Waals surface area (Å²) in [5, 5.41) is 2.38. The molecule has 5 nitrogen and oxygen atoms in total. The summed E-state index contributed by atoms with van der Waals surface area (Å²) in [5.41, 5.74) is 5.83. The molecule has 2 rings (SSSR count). The van der Waals surface area contributed by atoms with Crippen molar-refractivity contribution in [1.29, 1.82) is 0 Å². The zero-order chi connectivity index (χ0) is 13.9. The van der Waals surface area contributed by atoms with Gasteiger partial charge in [0.1, 0.15) is 10.8 Å². The average molecular weight is 301 g/mol. The van der Waals surface area contributed by atoms with Gasteiger partial charge < -0.3 is 5.73 Å². The second kappa shape index (κ2) is 5.74. The number of hydrogen-bond acceptors (Lipinski definition) is 5. The van der Waals surface area contributed by atoms with E-state index in [1.165, 1.54) is 23.5 Å². The summed E-state index contributed by atoms with van der Waals surface area (Å²) in [6, 6.07) is 3.52. The number of nitrogens with zero attached hydrogens (tertiary/aromatic N) is 1. The van der Waals surface area contributed by atoms with Crippen molar-refractivity contribution in [3.05, 3.63) is 46.2 Å². The minimum Gasteiger partial charge on any atom is -0.326 e. The van der Waals surface area contributed by atoms with Crippen molar-refractivity contribution in [2.24, 2.45) is 5.73 Å². The molecule has 0 saturated heterocycles. The van der Waals surface area contributed by atoms with Crippen LogP contribution in [-0.2, 0) is 23.1 Å². The van der Waals surface area contributed by atoms with Crippen LogP contribution in [0.2, 0.25) is 0 Å². The van der Waals surface area contributed by atoms with Gasteiger partial charge in [-0.05, 0) is 17.7 Å². The Balaban J connectivity index is 2.26. The molecule has 8 heteroatoms. The number of nitrogens with one attached hydrogen (secondary N) is 1. The van der Waals surface area contributed by atoms with Gasteiger partial charge in [-0.1, -0.05) is 6.07 Å². The quantitative estimate of drug-likeness (QED) is 0.869. The summed E-state index contributed by atoms with van der Waals surface area (Å²) >= 11 is 1.34. The molecule has 3 N–H and O–H groups in total. The molecule has 0 amide bonds. The molecule has 0 aliphatic rings. The summed E-state index contributed by atoms with van der Waals surface area (Å²) in [5.74, 6) is -0.619. The molecule has 0 fully saturated rings. The first-order chi connectivity index (χ1) is 9.03. The van der Waals surface area contributed by atoms with Crippen LogP contribution in [0, 0.1) is 5.82 Å². The van der Waals surface area contributed by atoms with Gasteiger partial charge in [0.25, 0.3) is 0 Å². The number of halogens is 1. The molecular formula is C11H12FN3O2S2. The zero-order valence-electron chi connectivity index (χ0n) is 9.84. The highest BCUT2D eigenvalue weighted by atomic mass is 32.2. The van der Waals surface area contributed by atoms with E-state index in [0.29, 0.717) is 10.6 Å². The number of thiazole rings is 1. The van der Waals surface area contributed by atoms with Crippen LogP contribution >= 0.6 is 11.3 Å². The largest absolute Gasteiger partial charge is 0.326 e. The van der Waals surface area contributed by atoms with E-state index in [4.69, 9.17) is 5.73 Å². The number of nitrogens with two attached hydrogens (primary N) is 1. The predicted molar refractivity (Wildman–Crippen MR) is 70.4 cm³/mol. The number of aromatic nitrogens is 1. The monoisotopic (exact) mass is 301 g/mol. The van der Waals surface area contributed by atoms with Crippen molar-refractivity contribution in [3.63, 3.8) is 0 Å². The van der Waals surface area contributed by atoms with Gasteiger partial charge in [0.05, 0.1) is 11.4 Å². The van der Waals surface area contributed by atoms with Crippen molar-refractivity contribution in [2.45, 2.75) is 18.0 Å². The fourth-order valence-corrected chi connectivity index (χ4v) is 3.42. The van der Waals surface area contributed by atoms with Crippen LogP contribution in [0.3, 0.4) is 0 Å². The molecule has 0 saturated carbocycles. The lowest BCUT2D eigenvalue weighted by molar-refractivity contribution is 0.575. The Morgan fingerprint density at radius 1 is 1.42 bits per heavy atom. The van der Waals surface area contributed by atoms with Gasteiger partial charge in [0.15, 0.2) is 0 Å². The Morgan fingerprint density at radius 2 is 2.21 bits per heavy atom. The number of benzene rings is 1. The van der Waals surface area contributed by atoms with E-state index in [1.54, 1.807) is 11.6 Å². The molecular weight excluding hydrogens is 289 g/mol. The molecule has 1 aromatic carbocycles. The van der Waals surface area contributed by atoms with E-state index in [1.807, 2.05) is 0 Å². The third kappa shape index (κ3) is 3.35. The SMILES string of the molecule is NCc1ccc(F)cc1S(=O)(=O)NCc1nccs1. The van der Waals surface area contributed by atoms with Gasteiger partial charge in [0, 0.05) is 18.1 Å². The molecule has 102 valence electrons. The third-order valence-electron chi connectivity index (χ3n) is 2.44. The summed E-state index contributed by atoms with van der Waals surface area (Å²) in [6.07, 6.45) is 1.59. The van der Waals surface area contributed by atoms with Crippen molar-refractivity contribution in [3.8, 4) is 0 Å². The Bertz CT molecular complexity index is 657. The molecule has 0 aliphatic carbocycles. The molecule has 1 aromatic heterocycles. The van der Waals surface area contributed by atoms with Crippen molar-refractivity contribution < 1.29 is 12.8 Å². The summed E-state index contributed by atoms with van der Waals surface area (Å²) in [4.78, 5) is 3.83. The zero-order valence-corrected chi connectivity index (χ0v) is 11.5. The number of sulfonamides is 1. The lowest BCUT2D eigenvalue weighted by atomic mass is 10.2. The Morgan fingerprint density at radius 3 is 2.84 bits per heavy atom. The Hall–Kier alpha value is -1.35. The highest BCUT2D eigenvalue weighted by molar-refractivity contribution is 7.89. The van der Waals surface area contributed by atoms with Gasteiger partial charge >= 0.3 is 0 Å². The van der Waals surface area contributed by atoms with Gasteiger partial charge in [-0.2, -0.15) is 0 Å². The fourth-order valence-electron chi connectivity index (χ4n) is 1.52. The maximum absolute atomic E-state index is 13.2. The summed E-state index contributed by atoms with van der Waals surface area (Å²) in [7, 11) is -3.80. The van der Waals surface area contributed by atoms with E-state index in [0.717, 1.165) is 6.07 Å². The molecule has 0 spiro atoms. The maximum atomic E-state index is 13.2. The molecule has 0 unspecified atom stereocenters. The van der Waals surface area contributed by atoms with Gasteiger partial charge in [-0.25, -0.2) is 22.5 Å². The lowest BCUT2D eigenvalue weighted by Gasteiger charge is -2.09. The second-order valence-electron chi connectivity index (χ2n) is 3.71. The highest BCUT2D eigenvalue weighted by Crippen LogP contribution is 2.17. The van der Waals surface area contributed by atoms with Crippen LogP contribution in [0.15, 0.2) is 34.7 Å². The number of hydrogen-bond donors (Lipinski definition) is 2. The normalized spacial score (nSPS) is 11.7. The third-order valence-corrected chi connectivity index (χ3v) is 4.70. The van der Waals surface area contributed by atoms with Gasteiger partial charge in [-0.3, -0.25) is 0 Å². The standard InChI is InChI=1S/C11H12FN3O2S2/c12-9-2-1-8(6-13)10(5-9)19(16,17)15-7-11-14-3-4-18-11/h1-5,15H,6-7,13H2. The van der Waals surface area contributed by atoms with Gasteiger partial charge in [-0.15, -0.1) is 11.3 Å². The van der Waals surface area contributed by atoms with Crippen molar-refractivity contribution in [2.75, 3.05) is 0 Å². The van der Waals surface area contributed by atoms with Crippen molar-refractivity contribution >= 4 is 21.4 Å². The molecule has 0 radical (unpaired) electrons. The first kappa shape index (κ1) is 14.1. The van der Waals surface area contributed by atoms with E-state index in [-0.39, 0.29) is 18.0 Å². The average Bonchev–Trinajstić information content (AvgIpc) is 2.89. The molecule has 0 atom stereocenters. The maximum Gasteiger partial charge on any atom is 0.241 e. The van der Waals surface area contributed by atoms with E-state index < -0.39 is 15.8 Å². The minimum absolute atomic E-state index is 0.0216. The van der Waals surface area contributed by atoms with E-state index in [2.05, 4.69) is 9.71 Å². The first-order valence-corrected chi connectivity index (χ1v) is 7.76. The van der Waals surface area contributed by atoms with Gasteiger partial charge in [0.2, 0.25) is 10.0 Å². The van der Waals surface area contributed by atoms with Crippen molar-refractivity contribution in [1.82, 2.24) is 9.71 Å². The second-order valence-corrected chi connectivity index (χ2v) is 6.42. The highest BCUT2D eigenvalue weighted by Gasteiger charge is 2.18. The fraction of sp³-hybridized carbons (Fsp3) is 0.182. The van der Waals surface area contributed by atoms with E-state index >= 15 is 0 Å². The van der Waals surface area contributed by atoms with Crippen LogP contribution in [0.25, 0.3) is 0 Å². The molecule has 19 heavy (non-hydrogen) atoms.